The molecule has 8 heavy (non-hydrogen) atoms. The van der Waals surface area contributed by atoms with Gasteiger partial charge in [-0.2, -0.15) is 0 Å². The van der Waals surface area contributed by atoms with E-state index >= 15 is 0 Å². The van der Waals surface area contributed by atoms with E-state index in [0.29, 0.717) is 6.54 Å². The molecule has 3 nitrogen and oxygen atoms in total. The van der Waals surface area contributed by atoms with Crippen molar-refractivity contribution in [2.45, 2.75) is 12.2 Å². The molecule has 3 heteroatoms. The van der Waals surface area contributed by atoms with Crippen LogP contribution in [0.25, 0.3) is 0 Å². The van der Waals surface area contributed by atoms with Crippen LogP contribution in [0.1, 0.15) is 0 Å². The van der Waals surface area contributed by atoms with Crippen molar-refractivity contribution in [2.24, 2.45) is 0 Å². The maximum absolute atomic E-state index is 9.00. The third-order valence-corrected chi connectivity index (χ3v) is 1.43. The summed E-state index contributed by atoms with van der Waals surface area (Å²) in [7, 11) is 1.61. The third kappa shape index (κ3) is 0.992. The maximum Gasteiger partial charge on any atom is 0.0966 e. The zero-order chi connectivity index (χ0) is 5.98. The summed E-state index contributed by atoms with van der Waals surface area (Å²) in [5, 5.41) is 12.0. The fourth-order valence-corrected chi connectivity index (χ4v) is 0.881. The molecule has 1 aliphatic rings. The van der Waals surface area contributed by atoms with Crippen LogP contribution in [-0.2, 0) is 4.74 Å². The highest BCUT2D eigenvalue weighted by atomic mass is 16.5. The van der Waals surface area contributed by atoms with Gasteiger partial charge in [-0.1, -0.05) is 0 Å². The van der Waals surface area contributed by atoms with Gasteiger partial charge in [-0.25, -0.2) is 0 Å². The Hall–Kier alpha value is -0.120. The minimum Gasteiger partial charge on any atom is -0.389 e. The van der Waals surface area contributed by atoms with Crippen molar-refractivity contribution in [3.05, 3.63) is 0 Å². The highest BCUT2D eigenvalue weighted by Gasteiger charge is 2.23. The zero-order valence-corrected chi connectivity index (χ0v) is 4.92. The number of methoxy groups -OCH3 is 1. The van der Waals surface area contributed by atoms with Gasteiger partial charge < -0.3 is 15.2 Å². The minimum absolute atomic E-state index is 0.00926. The summed E-state index contributed by atoms with van der Waals surface area (Å²) in [6, 6.07) is 0. The van der Waals surface area contributed by atoms with E-state index in [2.05, 4.69) is 5.32 Å². The van der Waals surface area contributed by atoms with E-state index in [1.807, 2.05) is 0 Å². The third-order valence-electron chi connectivity index (χ3n) is 1.43. The average Bonchev–Trinajstić information content (AvgIpc) is 2.14. The number of ether oxygens (including phenoxy) is 1. The van der Waals surface area contributed by atoms with Crippen LogP contribution in [0.2, 0.25) is 0 Å². The van der Waals surface area contributed by atoms with E-state index in [1.165, 1.54) is 0 Å². The first-order valence-corrected chi connectivity index (χ1v) is 2.76. The molecule has 2 atom stereocenters. The summed E-state index contributed by atoms with van der Waals surface area (Å²) in [5.74, 6) is 0. The molecule has 0 radical (unpaired) electrons. The molecule has 1 heterocycles. The molecule has 48 valence electrons. The lowest BCUT2D eigenvalue weighted by atomic mass is 10.3. The van der Waals surface area contributed by atoms with Crippen LogP contribution >= 0.6 is 0 Å². The fourth-order valence-electron chi connectivity index (χ4n) is 0.881. The Labute approximate surface area is 48.7 Å². The van der Waals surface area contributed by atoms with Crippen molar-refractivity contribution in [3.63, 3.8) is 0 Å². The van der Waals surface area contributed by atoms with E-state index < -0.39 is 0 Å². The second-order valence-corrected chi connectivity index (χ2v) is 2.00. The lowest BCUT2D eigenvalue weighted by molar-refractivity contribution is 0.0217. The van der Waals surface area contributed by atoms with E-state index in [9.17, 15) is 0 Å². The Bertz CT molecular complexity index is 76.8. The largest absolute Gasteiger partial charge is 0.389 e. The molecule has 2 N–H and O–H groups in total. The number of β-amino-alcohol motifs (C(OH)–C–C–N with tert-alkyl or cyclic N) is 1. The first-order chi connectivity index (χ1) is 3.84. The minimum atomic E-state index is -0.306. The number of nitrogens with one attached hydrogen (secondary N) is 1. The van der Waals surface area contributed by atoms with E-state index in [0.717, 1.165) is 6.54 Å². The SMILES string of the molecule is CO[C@@H]1CNC[C@H]1O. The molecule has 1 fully saturated rings. The quantitative estimate of drug-likeness (QED) is 0.461. The summed E-state index contributed by atoms with van der Waals surface area (Å²) in [6.07, 6.45) is -0.296. The molecule has 1 saturated heterocycles. The summed E-state index contributed by atoms with van der Waals surface area (Å²) in [6.45, 7) is 1.44. The van der Waals surface area contributed by atoms with Crippen LogP contribution in [0, 0.1) is 0 Å². The maximum atomic E-state index is 9.00. The van der Waals surface area contributed by atoms with E-state index in [-0.39, 0.29) is 12.2 Å². The Morgan fingerprint density at radius 3 is 2.62 bits per heavy atom. The van der Waals surface area contributed by atoms with Crippen LogP contribution in [0.15, 0.2) is 0 Å². The molecule has 0 aliphatic carbocycles. The van der Waals surface area contributed by atoms with Crippen LogP contribution in [-0.4, -0.2) is 37.5 Å². The molecule has 0 spiro atoms. The monoisotopic (exact) mass is 117 g/mol. The molecule has 0 bridgehead atoms. The Balaban J connectivity index is 2.30. The Kier molecular flexibility index (Phi) is 1.83. The first kappa shape index (κ1) is 6.01. The second-order valence-electron chi connectivity index (χ2n) is 2.00. The van der Waals surface area contributed by atoms with E-state index in [1.54, 1.807) is 7.11 Å². The van der Waals surface area contributed by atoms with Gasteiger partial charge in [-0.05, 0) is 0 Å². The fraction of sp³-hybridized carbons (Fsp3) is 1.00. The molecule has 1 rings (SSSR count). The standard InChI is InChI=1S/C5H11NO2/c1-8-5-3-6-2-4(5)7/h4-7H,2-3H2,1H3/t4-,5-/m1/s1. The molecular formula is C5H11NO2. The van der Waals surface area contributed by atoms with Gasteiger partial charge in [-0.3, -0.25) is 0 Å². The summed E-state index contributed by atoms with van der Waals surface area (Å²) >= 11 is 0. The van der Waals surface area contributed by atoms with Gasteiger partial charge in [0.1, 0.15) is 0 Å². The molecule has 0 unspecified atom stereocenters. The van der Waals surface area contributed by atoms with Crippen molar-refractivity contribution in [1.82, 2.24) is 5.32 Å². The normalized spacial score (nSPS) is 38.2. The Morgan fingerprint density at radius 2 is 2.38 bits per heavy atom. The highest BCUT2D eigenvalue weighted by molar-refractivity contribution is 4.80. The van der Waals surface area contributed by atoms with Gasteiger partial charge in [0.25, 0.3) is 0 Å². The molecule has 0 saturated carbocycles. The molecule has 0 aromatic heterocycles. The first-order valence-electron chi connectivity index (χ1n) is 2.76. The predicted octanol–water partition coefficient (Wildman–Crippen LogP) is -1.03. The predicted molar refractivity (Wildman–Crippen MR) is 29.7 cm³/mol. The van der Waals surface area contributed by atoms with Gasteiger partial charge in [0.05, 0.1) is 12.2 Å². The molecule has 1 aliphatic heterocycles. The summed E-state index contributed by atoms with van der Waals surface area (Å²) in [4.78, 5) is 0. The van der Waals surface area contributed by atoms with Crippen molar-refractivity contribution in [2.75, 3.05) is 20.2 Å². The summed E-state index contributed by atoms with van der Waals surface area (Å²) in [5.41, 5.74) is 0. The van der Waals surface area contributed by atoms with Crippen molar-refractivity contribution in [3.8, 4) is 0 Å². The molecular weight excluding hydrogens is 106 g/mol. The smallest absolute Gasteiger partial charge is 0.0966 e. The Morgan fingerprint density at radius 1 is 1.62 bits per heavy atom. The van der Waals surface area contributed by atoms with Crippen molar-refractivity contribution in [1.29, 1.82) is 0 Å². The number of hydrogen-bond acceptors (Lipinski definition) is 3. The number of aliphatic hydroxyl groups excluding tert-OH is 1. The van der Waals surface area contributed by atoms with E-state index in [4.69, 9.17) is 9.84 Å². The molecule has 0 aromatic carbocycles. The van der Waals surface area contributed by atoms with Gasteiger partial charge >= 0.3 is 0 Å². The topological polar surface area (TPSA) is 41.5 Å². The number of hydrogen-bond donors (Lipinski definition) is 2. The van der Waals surface area contributed by atoms with Gasteiger partial charge in [0.15, 0.2) is 0 Å². The van der Waals surface area contributed by atoms with Gasteiger partial charge in [-0.15, -0.1) is 0 Å². The molecule has 0 aromatic rings. The number of rotatable bonds is 1. The van der Waals surface area contributed by atoms with Gasteiger partial charge in [0.2, 0.25) is 0 Å². The number of aliphatic hydroxyl groups is 1. The van der Waals surface area contributed by atoms with Crippen molar-refractivity contribution < 1.29 is 9.84 Å². The van der Waals surface area contributed by atoms with Crippen LogP contribution in [0.5, 0.6) is 0 Å². The van der Waals surface area contributed by atoms with Crippen molar-refractivity contribution >= 4 is 0 Å². The second kappa shape index (κ2) is 2.44. The summed E-state index contributed by atoms with van der Waals surface area (Å²) < 4.78 is 4.91. The lowest BCUT2D eigenvalue weighted by Crippen LogP contribution is -2.25. The molecule has 0 amide bonds. The van der Waals surface area contributed by atoms with Crippen LogP contribution in [0.3, 0.4) is 0 Å². The van der Waals surface area contributed by atoms with Crippen LogP contribution < -0.4 is 5.32 Å². The highest BCUT2D eigenvalue weighted by Crippen LogP contribution is 2.01. The van der Waals surface area contributed by atoms with Crippen LogP contribution in [0.4, 0.5) is 0 Å². The zero-order valence-electron chi connectivity index (χ0n) is 4.92. The average molecular weight is 117 g/mol. The van der Waals surface area contributed by atoms with Gasteiger partial charge in [0, 0.05) is 20.2 Å². The lowest BCUT2D eigenvalue weighted by Gasteiger charge is -2.08.